The Morgan fingerprint density at radius 3 is 2.65 bits per heavy atom. The fourth-order valence-corrected chi connectivity index (χ4v) is 2.38. The Morgan fingerprint density at radius 1 is 1.30 bits per heavy atom. The van der Waals surface area contributed by atoms with E-state index in [0.717, 1.165) is 18.4 Å². The number of amides is 2. The van der Waals surface area contributed by atoms with Gasteiger partial charge in [-0.2, -0.15) is 0 Å². The fourth-order valence-electron chi connectivity index (χ4n) is 2.26. The summed E-state index contributed by atoms with van der Waals surface area (Å²) in [5.41, 5.74) is 6.21. The molecule has 0 bridgehead atoms. The van der Waals surface area contributed by atoms with E-state index in [-0.39, 0.29) is 17.7 Å². The van der Waals surface area contributed by atoms with Gasteiger partial charge in [0.2, 0.25) is 11.8 Å². The molecule has 1 saturated heterocycles. The van der Waals surface area contributed by atoms with Crippen LogP contribution in [0.1, 0.15) is 18.4 Å². The van der Waals surface area contributed by atoms with Crippen LogP contribution in [0.15, 0.2) is 30.3 Å². The molecule has 1 aliphatic rings. The molecule has 1 aromatic rings. The second-order valence-corrected chi connectivity index (χ2v) is 5.35. The monoisotopic (exact) mass is 292 g/mol. The highest BCUT2D eigenvalue weighted by molar-refractivity contribution is 6.30. The molecule has 2 N–H and O–H groups in total. The Morgan fingerprint density at radius 2 is 2.00 bits per heavy atom. The number of nitrogens with zero attached hydrogens (tertiary/aromatic N) is 1. The quantitative estimate of drug-likeness (QED) is 0.867. The first-order valence-corrected chi connectivity index (χ1v) is 6.96. The van der Waals surface area contributed by atoms with E-state index in [2.05, 4.69) is 0 Å². The Hall–Kier alpha value is -1.81. The van der Waals surface area contributed by atoms with Crippen LogP contribution in [0, 0.1) is 5.92 Å². The fraction of sp³-hybridized carbons (Fsp3) is 0.333. The molecule has 1 aliphatic heterocycles. The molecule has 0 saturated carbocycles. The lowest BCUT2D eigenvalue weighted by molar-refractivity contribution is -0.130. The summed E-state index contributed by atoms with van der Waals surface area (Å²) >= 11 is 5.80. The van der Waals surface area contributed by atoms with Crippen LogP contribution in [0.3, 0.4) is 0 Å². The van der Waals surface area contributed by atoms with E-state index in [1.165, 1.54) is 6.08 Å². The molecule has 1 heterocycles. The van der Waals surface area contributed by atoms with Crippen LogP contribution in [0.4, 0.5) is 0 Å². The van der Waals surface area contributed by atoms with Crippen molar-refractivity contribution in [2.75, 3.05) is 13.1 Å². The predicted molar refractivity (Wildman–Crippen MR) is 79.0 cm³/mol. The molecule has 1 aromatic carbocycles. The molecular weight excluding hydrogens is 276 g/mol. The minimum Gasteiger partial charge on any atom is -0.369 e. The van der Waals surface area contributed by atoms with Crippen LogP contribution in [0.2, 0.25) is 5.02 Å². The van der Waals surface area contributed by atoms with Crippen LogP contribution < -0.4 is 5.73 Å². The zero-order valence-corrected chi connectivity index (χ0v) is 11.8. The van der Waals surface area contributed by atoms with Crippen molar-refractivity contribution in [3.63, 3.8) is 0 Å². The molecule has 2 rings (SSSR count). The van der Waals surface area contributed by atoms with Gasteiger partial charge in [-0.3, -0.25) is 9.59 Å². The van der Waals surface area contributed by atoms with Gasteiger partial charge in [0.15, 0.2) is 0 Å². The van der Waals surface area contributed by atoms with Gasteiger partial charge in [-0.1, -0.05) is 23.7 Å². The largest absolute Gasteiger partial charge is 0.369 e. The number of piperidine rings is 1. The van der Waals surface area contributed by atoms with Gasteiger partial charge in [-0.15, -0.1) is 0 Å². The van der Waals surface area contributed by atoms with E-state index in [0.29, 0.717) is 18.1 Å². The molecule has 1 fully saturated rings. The van der Waals surface area contributed by atoms with E-state index in [1.807, 2.05) is 12.1 Å². The van der Waals surface area contributed by atoms with Gasteiger partial charge in [0.1, 0.15) is 0 Å². The molecule has 0 spiro atoms. The van der Waals surface area contributed by atoms with Crippen LogP contribution in [-0.4, -0.2) is 29.8 Å². The molecular formula is C15H17ClN2O2. The lowest BCUT2D eigenvalue weighted by Crippen LogP contribution is -2.43. The van der Waals surface area contributed by atoms with Crippen molar-refractivity contribution in [3.05, 3.63) is 40.9 Å². The number of nitrogens with two attached hydrogens (primary N) is 1. The first kappa shape index (κ1) is 14.6. The molecule has 2 amide bonds. The number of hydrogen-bond donors (Lipinski definition) is 1. The van der Waals surface area contributed by atoms with E-state index in [4.69, 9.17) is 17.3 Å². The maximum atomic E-state index is 12.1. The van der Waals surface area contributed by atoms with Crippen LogP contribution >= 0.6 is 11.6 Å². The minimum atomic E-state index is -0.329. The van der Waals surface area contributed by atoms with Gasteiger partial charge in [-0.25, -0.2) is 0 Å². The third-order valence-corrected chi connectivity index (χ3v) is 3.68. The highest BCUT2D eigenvalue weighted by Gasteiger charge is 2.25. The lowest BCUT2D eigenvalue weighted by Gasteiger charge is -2.30. The maximum absolute atomic E-state index is 12.1. The first-order chi connectivity index (χ1) is 9.56. The molecule has 0 aliphatic carbocycles. The molecule has 1 unspecified atom stereocenters. The SMILES string of the molecule is NC(=O)C1CCCN(C(=O)C=Cc2ccc(Cl)cc2)C1. The van der Waals surface area contributed by atoms with Gasteiger partial charge in [0, 0.05) is 24.2 Å². The van der Waals surface area contributed by atoms with Crippen molar-refractivity contribution in [1.29, 1.82) is 0 Å². The Labute approximate surface area is 123 Å². The highest BCUT2D eigenvalue weighted by Crippen LogP contribution is 2.17. The number of hydrogen-bond acceptors (Lipinski definition) is 2. The second-order valence-electron chi connectivity index (χ2n) is 4.91. The number of primary amides is 1. The number of likely N-dealkylation sites (tertiary alicyclic amines) is 1. The minimum absolute atomic E-state index is 0.0918. The van der Waals surface area contributed by atoms with E-state index in [9.17, 15) is 9.59 Å². The summed E-state index contributed by atoms with van der Waals surface area (Å²) in [6.07, 6.45) is 4.84. The Bertz CT molecular complexity index is 525. The lowest BCUT2D eigenvalue weighted by atomic mass is 9.97. The molecule has 106 valence electrons. The molecule has 4 nitrogen and oxygen atoms in total. The smallest absolute Gasteiger partial charge is 0.246 e. The van der Waals surface area contributed by atoms with Gasteiger partial charge < -0.3 is 10.6 Å². The zero-order chi connectivity index (χ0) is 14.5. The number of rotatable bonds is 3. The first-order valence-electron chi connectivity index (χ1n) is 6.58. The maximum Gasteiger partial charge on any atom is 0.246 e. The molecule has 1 atom stereocenters. The summed E-state index contributed by atoms with van der Waals surface area (Å²) in [7, 11) is 0. The number of carbonyl (C=O) groups excluding carboxylic acids is 2. The third-order valence-electron chi connectivity index (χ3n) is 3.42. The van der Waals surface area contributed by atoms with Crippen molar-refractivity contribution in [1.82, 2.24) is 4.90 Å². The standard InChI is InChI=1S/C15H17ClN2O2/c16-13-6-3-11(4-7-13)5-8-14(19)18-9-1-2-12(10-18)15(17)20/h3-8,12H,1-2,9-10H2,(H2,17,20). The summed E-state index contributed by atoms with van der Waals surface area (Å²) in [5, 5.41) is 0.661. The van der Waals surface area contributed by atoms with Crippen molar-refractivity contribution in [3.8, 4) is 0 Å². The summed E-state index contributed by atoms with van der Waals surface area (Å²) in [4.78, 5) is 24.9. The van der Waals surface area contributed by atoms with Gasteiger partial charge >= 0.3 is 0 Å². The van der Waals surface area contributed by atoms with Crippen molar-refractivity contribution in [2.24, 2.45) is 11.7 Å². The number of carbonyl (C=O) groups is 2. The average molecular weight is 293 g/mol. The van der Waals surface area contributed by atoms with Gasteiger partial charge in [0.25, 0.3) is 0 Å². The highest BCUT2D eigenvalue weighted by atomic mass is 35.5. The molecule has 5 heteroatoms. The van der Waals surface area contributed by atoms with E-state index < -0.39 is 0 Å². The van der Waals surface area contributed by atoms with Crippen molar-refractivity contribution < 1.29 is 9.59 Å². The Kier molecular flexibility index (Phi) is 4.79. The average Bonchev–Trinajstić information content (AvgIpc) is 2.46. The van der Waals surface area contributed by atoms with Gasteiger partial charge in [0.05, 0.1) is 5.92 Å². The zero-order valence-electron chi connectivity index (χ0n) is 11.1. The van der Waals surface area contributed by atoms with E-state index in [1.54, 1.807) is 23.1 Å². The normalized spacial score (nSPS) is 19.2. The molecule has 20 heavy (non-hydrogen) atoms. The summed E-state index contributed by atoms with van der Waals surface area (Å²) < 4.78 is 0. The van der Waals surface area contributed by atoms with E-state index >= 15 is 0 Å². The topological polar surface area (TPSA) is 63.4 Å². The van der Waals surface area contributed by atoms with Crippen LogP contribution in [0.25, 0.3) is 6.08 Å². The summed E-state index contributed by atoms with van der Waals surface area (Å²) in [6, 6.07) is 7.23. The second kappa shape index (κ2) is 6.57. The van der Waals surface area contributed by atoms with Crippen LogP contribution in [0.5, 0.6) is 0 Å². The van der Waals surface area contributed by atoms with Crippen molar-refractivity contribution >= 4 is 29.5 Å². The third kappa shape index (κ3) is 3.84. The summed E-state index contributed by atoms with van der Waals surface area (Å²) in [5.74, 6) is -0.647. The van der Waals surface area contributed by atoms with Gasteiger partial charge in [-0.05, 0) is 36.6 Å². The predicted octanol–water partition coefficient (Wildman–Crippen LogP) is 2.08. The van der Waals surface area contributed by atoms with Crippen molar-refractivity contribution in [2.45, 2.75) is 12.8 Å². The molecule has 0 aromatic heterocycles. The summed E-state index contributed by atoms with van der Waals surface area (Å²) in [6.45, 7) is 1.09. The van der Waals surface area contributed by atoms with Crippen LogP contribution in [-0.2, 0) is 9.59 Å². The molecule has 0 radical (unpaired) electrons. The Balaban J connectivity index is 1.97. The number of halogens is 1. The number of benzene rings is 1.